The van der Waals surface area contributed by atoms with Crippen molar-refractivity contribution in [2.45, 2.75) is 31.6 Å². The standard InChI is InChI=1S/C37H39NOP2S/c1-37(2,3)42(39)38(4)35(29-40(30-19-9-5-10-20-30)31-21-11-6-12-22-31)34-27-17-18-28-36(34)41(32-23-13-7-14-24-32)33-25-15-8-16-26-33/h5-28,35H,29H2,1-4H3/t35-,42?/m1/s1. The Balaban J connectivity index is 1.70. The van der Waals surface area contributed by atoms with Crippen LogP contribution in [0.25, 0.3) is 0 Å². The van der Waals surface area contributed by atoms with Crippen LogP contribution in [-0.4, -0.2) is 26.5 Å². The topological polar surface area (TPSA) is 20.3 Å². The van der Waals surface area contributed by atoms with Gasteiger partial charge in [-0.3, -0.25) is 0 Å². The molecule has 0 spiro atoms. The third kappa shape index (κ3) is 7.16. The summed E-state index contributed by atoms with van der Waals surface area (Å²) in [7, 11) is -0.686. The summed E-state index contributed by atoms with van der Waals surface area (Å²) in [5, 5.41) is 6.63. The first-order valence-electron chi connectivity index (χ1n) is 14.4. The van der Waals surface area contributed by atoms with E-state index in [9.17, 15) is 4.21 Å². The van der Waals surface area contributed by atoms with Crippen molar-refractivity contribution in [2.75, 3.05) is 13.2 Å². The first-order valence-corrected chi connectivity index (χ1v) is 18.3. The molecule has 214 valence electrons. The van der Waals surface area contributed by atoms with E-state index in [1.807, 2.05) is 0 Å². The maximum absolute atomic E-state index is 14.1. The zero-order chi connectivity index (χ0) is 29.5. The van der Waals surface area contributed by atoms with E-state index in [0.29, 0.717) is 0 Å². The molecule has 0 N–H and O–H groups in total. The molecule has 5 heteroatoms. The SMILES string of the molecule is CN([C@H](CP(c1ccccc1)c1ccccc1)c1ccccc1P(c1ccccc1)c1ccccc1)S(=O)C(C)(C)C. The summed E-state index contributed by atoms with van der Waals surface area (Å²) in [6, 6.07) is 52.3. The maximum Gasteiger partial charge on any atom is 0.100 e. The Morgan fingerprint density at radius 2 is 0.976 bits per heavy atom. The second kappa shape index (κ2) is 14.0. The van der Waals surface area contributed by atoms with Gasteiger partial charge in [-0.15, -0.1) is 0 Å². The highest BCUT2D eigenvalue weighted by molar-refractivity contribution is 7.84. The van der Waals surface area contributed by atoms with Crippen LogP contribution in [0.3, 0.4) is 0 Å². The zero-order valence-corrected chi connectivity index (χ0v) is 27.4. The second-order valence-corrected chi connectivity index (χ2v) is 18.0. The molecule has 0 saturated carbocycles. The predicted molar refractivity (Wildman–Crippen MR) is 187 cm³/mol. The zero-order valence-electron chi connectivity index (χ0n) is 24.8. The molecule has 0 saturated heterocycles. The Morgan fingerprint density at radius 3 is 1.40 bits per heavy atom. The summed E-state index contributed by atoms with van der Waals surface area (Å²) in [6.07, 6.45) is 0.867. The molecule has 5 aromatic rings. The van der Waals surface area contributed by atoms with Crippen LogP contribution in [0.2, 0.25) is 0 Å². The molecule has 2 nitrogen and oxygen atoms in total. The quantitative estimate of drug-likeness (QED) is 0.157. The Kier molecular flexibility index (Phi) is 10.2. The Bertz CT molecular complexity index is 1500. The molecule has 5 aromatic carbocycles. The lowest BCUT2D eigenvalue weighted by Crippen LogP contribution is -2.41. The Morgan fingerprint density at radius 1 is 0.595 bits per heavy atom. The van der Waals surface area contributed by atoms with Crippen molar-refractivity contribution in [1.29, 1.82) is 0 Å². The lowest BCUT2D eigenvalue weighted by molar-refractivity contribution is 0.423. The number of nitrogens with zero attached hydrogens (tertiary/aromatic N) is 1. The van der Waals surface area contributed by atoms with E-state index in [1.54, 1.807) is 0 Å². The molecule has 0 aliphatic rings. The molecule has 0 fully saturated rings. The monoisotopic (exact) mass is 607 g/mol. The molecule has 0 radical (unpaired) electrons. The molecule has 1 unspecified atom stereocenters. The molecule has 42 heavy (non-hydrogen) atoms. The first-order chi connectivity index (χ1) is 20.3. The van der Waals surface area contributed by atoms with Gasteiger partial charge in [-0.25, -0.2) is 8.51 Å². The lowest BCUT2D eigenvalue weighted by atomic mass is 10.1. The summed E-state index contributed by atoms with van der Waals surface area (Å²) >= 11 is 0. The largest absolute Gasteiger partial charge is 0.242 e. The normalized spacial score (nSPS) is 13.4. The number of benzene rings is 5. The molecule has 0 bridgehead atoms. The second-order valence-electron chi connectivity index (χ2n) is 11.3. The van der Waals surface area contributed by atoms with Crippen molar-refractivity contribution < 1.29 is 4.21 Å². The molecule has 2 atom stereocenters. The molecular weight excluding hydrogens is 568 g/mol. The van der Waals surface area contributed by atoms with Crippen molar-refractivity contribution in [3.8, 4) is 0 Å². The van der Waals surface area contributed by atoms with Gasteiger partial charge in [0.25, 0.3) is 0 Å². The smallest absolute Gasteiger partial charge is 0.100 e. The van der Waals surface area contributed by atoms with E-state index in [1.165, 1.54) is 32.1 Å². The number of hydrogen-bond acceptors (Lipinski definition) is 1. The van der Waals surface area contributed by atoms with E-state index < -0.39 is 26.8 Å². The van der Waals surface area contributed by atoms with Gasteiger partial charge < -0.3 is 0 Å². The van der Waals surface area contributed by atoms with Gasteiger partial charge in [-0.1, -0.05) is 146 Å². The van der Waals surface area contributed by atoms with Gasteiger partial charge in [0.2, 0.25) is 0 Å². The van der Waals surface area contributed by atoms with Crippen molar-refractivity contribution in [2.24, 2.45) is 0 Å². The van der Waals surface area contributed by atoms with Crippen LogP contribution in [0.15, 0.2) is 146 Å². The van der Waals surface area contributed by atoms with Crippen LogP contribution >= 0.6 is 15.8 Å². The first kappa shape index (κ1) is 30.5. The summed E-state index contributed by atoms with van der Waals surface area (Å²) in [4.78, 5) is 0. The van der Waals surface area contributed by atoms with Crippen LogP contribution in [0.4, 0.5) is 0 Å². The van der Waals surface area contributed by atoms with Crippen LogP contribution < -0.4 is 26.5 Å². The van der Waals surface area contributed by atoms with Crippen LogP contribution in [0, 0.1) is 0 Å². The number of rotatable bonds is 10. The third-order valence-corrected chi connectivity index (χ3v) is 14.2. The van der Waals surface area contributed by atoms with Gasteiger partial charge in [0, 0.05) is 7.05 Å². The average molecular weight is 608 g/mol. The van der Waals surface area contributed by atoms with Gasteiger partial charge in [-0.05, 0) is 74.9 Å². The average Bonchev–Trinajstić information content (AvgIpc) is 3.03. The fourth-order valence-corrected chi connectivity index (χ4v) is 11.7. The summed E-state index contributed by atoms with van der Waals surface area (Å²) in [5.41, 5.74) is 1.26. The predicted octanol–water partition coefficient (Wildman–Crippen LogP) is 7.01. The molecule has 5 rings (SSSR count). The maximum atomic E-state index is 14.1. The van der Waals surface area contributed by atoms with Crippen LogP contribution in [0.1, 0.15) is 32.4 Å². The van der Waals surface area contributed by atoms with E-state index >= 15 is 0 Å². The van der Waals surface area contributed by atoms with Gasteiger partial charge in [0.05, 0.1) is 10.8 Å². The molecule has 0 amide bonds. The van der Waals surface area contributed by atoms with E-state index in [-0.39, 0.29) is 10.8 Å². The van der Waals surface area contributed by atoms with Gasteiger partial charge >= 0.3 is 0 Å². The van der Waals surface area contributed by atoms with E-state index in [2.05, 4.69) is 178 Å². The summed E-state index contributed by atoms with van der Waals surface area (Å²) in [5.74, 6) is 0. The van der Waals surface area contributed by atoms with Gasteiger partial charge in [0.1, 0.15) is 11.0 Å². The third-order valence-electron chi connectivity index (χ3n) is 7.28. The highest BCUT2D eigenvalue weighted by Crippen LogP contribution is 2.43. The van der Waals surface area contributed by atoms with Crippen molar-refractivity contribution in [1.82, 2.24) is 4.31 Å². The van der Waals surface area contributed by atoms with Gasteiger partial charge in [-0.2, -0.15) is 0 Å². The minimum Gasteiger partial charge on any atom is -0.242 e. The molecular formula is C37H39NOP2S. The van der Waals surface area contributed by atoms with Crippen molar-refractivity contribution >= 4 is 53.4 Å². The fourth-order valence-electron chi connectivity index (χ4n) is 5.26. The fraction of sp³-hybridized carbons (Fsp3) is 0.189. The molecule has 0 aliphatic heterocycles. The lowest BCUT2D eigenvalue weighted by Gasteiger charge is -2.36. The van der Waals surface area contributed by atoms with Gasteiger partial charge in [0.15, 0.2) is 0 Å². The van der Waals surface area contributed by atoms with Crippen LogP contribution in [0.5, 0.6) is 0 Å². The van der Waals surface area contributed by atoms with Crippen LogP contribution in [-0.2, 0) is 11.0 Å². The minimum atomic E-state index is -1.20. The number of hydrogen-bond donors (Lipinski definition) is 0. The minimum absolute atomic E-state index is 0.0507. The molecule has 0 heterocycles. The van der Waals surface area contributed by atoms with E-state index in [0.717, 1.165) is 6.16 Å². The summed E-state index contributed by atoms with van der Waals surface area (Å²) < 4.78 is 15.9. The highest BCUT2D eigenvalue weighted by Gasteiger charge is 2.34. The molecule has 0 aliphatic carbocycles. The van der Waals surface area contributed by atoms with Crippen molar-refractivity contribution in [3.63, 3.8) is 0 Å². The summed E-state index contributed by atoms with van der Waals surface area (Å²) in [6.45, 7) is 6.21. The van der Waals surface area contributed by atoms with E-state index in [4.69, 9.17) is 0 Å². The Hall–Kier alpha value is -2.93. The molecule has 0 aromatic heterocycles. The highest BCUT2D eigenvalue weighted by atomic mass is 32.2. The van der Waals surface area contributed by atoms with Crippen molar-refractivity contribution in [3.05, 3.63) is 151 Å². The Labute approximate surface area is 256 Å².